The van der Waals surface area contributed by atoms with Crippen LogP contribution in [0, 0.1) is 17.2 Å². The van der Waals surface area contributed by atoms with E-state index in [1.165, 1.54) is 24.3 Å². The molecule has 2 fully saturated rings. The number of carbonyl (C=O) groups is 1. The second-order valence-corrected chi connectivity index (χ2v) is 8.10. The van der Waals surface area contributed by atoms with Gasteiger partial charge in [0.05, 0.1) is 6.10 Å². The number of carboxylic acids is 1. The molecule has 1 aromatic rings. The van der Waals surface area contributed by atoms with Gasteiger partial charge in [0, 0.05) is 32.5 Å². The molecule has 0 amide bonds. The lowest BCUT2D eigenvalue weighted by Gasteiger charge is -2.45. The Hall–Kier alpha value is -1.60. The smallest absolute Gasteiger partial charge is 0.313 e. The van der Waals surface area contributed by atoms with Crippen molar-refractivity contribution in [2.75, 3.05) is 19.6 Å². The zero-order chi connectivity index (χ0) is 19.7. The molecule has 0 unspecified atom stereocenters. The Bertz CT molecular complexity index is 657. The Morgan fingerprint density at radius 3 is 2.37 bits per heavy atom. The molecule has 3 rings (SSSR count). The van der Waals surface area contributed by atoms with Crippen LogP contribution in [0.1, 0.15) is 37.7 Å². The van der Waals surface area contributed by atoms with E-state index < -0.39 is 29.2 Å². The van der Waals surface area contributed by atoms with Crippen LogP contribution in [0.2, 0.25) is 0 Å². The van der Waals surface area contributed by atoms with Gasteiger partial charge in [-0.1, -0.05) is 12.1 Å². The number of benzene rings is 1. The van der Waals surface area contributed by atoms with Crippen LogP contribution in [-0.4, -0.2) is 52.7 Å². The van der Waals surface area contributed by atoms with Crippen molar-refractivity contribution in [1.29, 1.82) is 0 Å². The van der Waals surface area contributed by atoms with E-state index in [4.69, 9.17) is 0 Å². The zero-order valence-corrected chi connectivity index (χ0v) is 15.2. The fourth-order valence-electron chi connectivity index (χ4n) is 4.39. The minimum absolute atomic E-state index is 0.100. The quantitative estimate of drug-likeness (QED) is 0.816. The molecule has 1 aliphatic carbocycles. The van der Waals surface area contributed by atoms with Crippen LogP contribution in [0.3, 0.4) is 0 Å². The van der Waals surface area contributed by atoms with Crippen LogP contribution in [-0.2, 0) is 11.2 Å². The molecule has 0 aromatic heterocycles. The Morgan fingerprint density at radius 2 is 1.78 bits per heavy atom. The first-order valence-electron chi connectivity index (χ1n) is 9.46. The SMILES string of the molecule is O=C(O)[C@]1(Cc2ccc(F)cc2)CN(CC2CCC(F)(F)CC2)CC[C@H]1O. The van der Waals surface area contributed by atoms with E-state index in [0.29, 0.717) is 37.9 Å². The Morgan fingerprint density at radius 1 is 1.15 bits per heavy atom. The number of aliphatic hydroxyl groups excluding tert-OH is 1. The molecule has 1 heterocycles. The van der Waals surface area contributed by atoms with Crippen LogP contribution in [0.5, 0.6) is 0 Å². The summed E-state index contributed by atoms with van der Waals surface area (Å²) in [5, 5.41) is 20.4. The summed E-state index contributed by atoms with van der Waals surface area (Å²) in [6.07, 6.45) is 0.0433. The van der Waals surface area contributed by atoms with Crippen molar-refractivity contribution < 1.29 is 28.2 Å². The largest absolute Gasteiger partial charge is 0.481 e. The van der Waals surface area contributed by atoms with Gasteiger partial charge in [-0.25, -0.2) is 13.2 Å². The summed E-state index contributed by atoms with van der Waals surface area (Å²) in [7, 11) is 0. The molecule has 2 N–H and O–H groups in total. The number of alkyl halides is 2. The fourth-order valence-corrected chi connectivity index (χ4v) is 4.39. The number of nitrogens with zero attached hydrogens (tertiary/aromatic N) is 1. The van der Waals surface area contributed by atoms with E-state index in [0.717, 1.165) is 0 Å². The lowest BCUT2D eigenvalue weighted by Crippen LogP contribution is -2.57. The average Bonchev–Trinajstić information content (AvgIpc) is 2.61. The van der Waals surface area contributed by atoms with E-state index in [-0.39, 0.29) is 31.7 Å². The molecule has 7 heteroatoms. The second kappa shape index (κ2) is 7.80. The van der Waals surface area contributed by atoms with E-state index in [1.807, 2.05) is 4.90 Å². The molecular formula is C20H26F3NO3. The van der Waals surface area contributed by atoms with Gasteiger partial charge in [0.1, 0.15) is 11.2 Å². The topological polar surface area (TPSA) is 60.8 Å². The molecule has 0 radical (unpaired) electrons. The van der Waals surface area contributed by atoms with Gasteiger partial charge in [-0.05, 0) is 49.3 Å². The number of carboxylic acid groups (broad SMARTS) is 1. The molecule has 1 saturated heterocycles. The minimum atomic E-state index is -2.58. The summed E-state index contributed by atoms with van der Waals surface area (Å²) in [5.74, 6) is -3.94. The normalized spacial score (nSPS) is 29.6. The third kappa shape index (κ3) is 4.63. The van der Waals surface area contributed by atoms with Gasteiger partial charge in [-0.3, -0.25) is 4.79 Å². The molecule has 4 nitrogen and oxygen atoms in total. The molecular weight excluding hydrogens is 359 g/mol. The Balaban J connectivity index is 1.71. The van der Waals surface area contributed by atoms with Crippen LogP contribution < -0.4 is 0 Å². The Kier molecular flexibility index (Phi) is 5.82. The average molecular weight is 385 g/mol. The molecule has 0 bridgehead atoms. The van der Waals surface area contributed by atoms with Crippen LogP contribution in [0.25, 0.3) is 0 Å². The van der Waals surface area contributed by atoms with E-state index in [2.05, 4.69) is 0 Å². The molecule has 1 aliphatic heterocycles. The first-order chi connectivity index (χ1) is 12.7. The fraction of sp³-hybridized carbons (Fsp3) is 0.650. The monoisotopic (exact) mass is 385 g/mol. The molecule has 1 saturated carbocycles. The zero-order valence-electron chi connectivity index (χ0n) is 15.2. The van der Waals surface area contributed by atoms with Crippen molar-refractivity contribution in [1.82, 2.24) is 4.90 Å². The third-order valence-corrected chi connectivity index (χ3v) is 6.07. The van der Waals surface area contributed by atoms with Gasteiger partial charge in [-0.2, -0.15) is 0 Å². The Labute approximate surface area is 157 Å². The predicted octanol–water partition coefficient (Wildman–Crippen LogP) is 3.33. The molecule has 1 aromatic carbocycles. The minimum Gasteiger partial charge on any atom is -0.481 e. The number of hydrogen-bond acceptors (Lipinski definition) is 3. The summed E-state index contributed by atoms with van der Waals surface area (Å²) in [5.41, 5.74) is -0.730. The molecule has 2 atom stereocenters. The standard InChI is InChI=1S/C20H26F3NO3/c21-16-3-1-14(2-4-16)11-19(18(26)27)13-24(10-7-17(19)25)12-15-5-8-20(22,23)9-6-15/h1-4,15,17,25H,5-13H2,(H,26,27)/t17-,19-/m1/s1. The maximum absolute atomic E-state index is 13.4. The summed E-state index contributed by atoms with van der Waals surface area (Å²) < 4.78 is 39.9. The lowest BCUT2D eigenvalue weighted by atomic mass is 9.72. The number of likely N-dealkylation sites (tertiary alicyclic amines) is 1. The lowest BCUT2D eigenvalue weighted by molar-refractivity contribution is -0.163. The van der Waals surface area contributed by atoms with Crippen molar-refractivity contribution in [3.8, 4) is 0 Å². The van der Waals surface area contributed by atoms with Crippen LogP contribution in [0.15, 0.2) is 24.3 Å². The molecule has 27 heavy (non-hydrogen) atoms. The van der Waals surface area contributed by atoms with Crippen LogP contribution >= 0.6 is 0 Å². The summed E-state index contributed by atoms with van der Waals surface area (Å²) in [6, 6.07) is 5.63. The first-order valence-corrected chi connectivity index (χ1v) is 9.46. The maximum Gasteiger partial charge on any atom is 0.313 e. The highest BCUT2D eigenvalue weighted by molar-refractivity contribution is 5.76. The van der Waals surface area contributed by atoms with E-state index in [1.54, 1.807) is 0 Å². The van der Waals surface area contributed by atoms with Gasteiger partial charge in [0.2, 0.25) is 5.92 Å². The van der Waals surface area contributed by atoms with E-state index in [9.17, 15) is 28.2 Å². The number of piperidine rings is 1. The highest BCUT2D eigenvalue weighted by Gasteiger charge is 2.49. The second-order valence-electron chi connectivity index (χ2n) is 8.10. The number of aliphatic carboxylic acids is 1. The van der Waals surface area contributed by atoms with Crippen molar-refractivity contribution >= 4 is 5.97 Å². The molecule has 2 aliphatic rings. The van der Waals surface area contributed by atoms with Gasteiger partial charge in [-0.15, -0.1) is 0 Å². The van der Waals surface area contributed by atoms with Crippen LogP contribution in [0.4, 0.5) is 13.2 Å². The van der Waals surface area contributed by atoms with E-state index >= 15 is 0 Å². The highest BCUT2D eigenvalue weighted by atomic mass is 19.3. The first kappa shape index (κ1) is 20.1. The van der Waals surface area contributed by atoms with Gasteiger partial charge < -0.3 is 15.1 Å². The van der Waals surface area contributed by atoms with Gasteiger partial charge in [0.15, 0.2) is 0 Å². The summed E-state index contributed by atoms with van der Waals surface area (Å²) in [4.78, 5) is 14.1. The number of halogens is 3. The maximum atomic E-state index is 13.4. The molecule has 150 valence electrons. The number of rotatable bonds is 5. The van der Waals surface area contributed by atoms with Crippen molar-refractivity contribution in [3.63, 3.8) is 0 Å². The highest BCUT2D eigenvalue weighted by Crippen LogP contribution is 2.39. The number of aliphatic hydroxyl groups is 1. The van der Waals surface area contributed by atoms with Crippen molar-refractivity contribution in [2.24, 2.45) is 11.3 Å². The number of hydrogen-bond donors (Lipinski definition) is 2. The van der Waals surface area contributed by atoms with Crippen molar-refractivity contribution in [2.45, 2.75) is 50.6 Å². The summed E-state index contributed by atoms with van der Waals surface area (Å²) in [6.45, 7) is 1.28. The third-order valence-electron chi connectivity index (χ3n) is 6.07. The molecule has 0 spiro atoms. The predicted molar refractivity (Wildman–Crippen MR) is 94.1 cm³/mol. The summed E-state index contributed by atoms with van der Waals surface area (Å²) >= 11 is 0. The van der Waals surface area contributed by atoms with Crippen molar-refractivity contribution in [3.05, 3.63) is 35.6 Å². The van der Waals surface area contributed by atoms with Gasteiger partial charge >= 0.3 is 5.97 Å². The van der Waals surface area contributed by atoms with Gasteiger partial charge in [0.25, 0.3) is 0 Å².